The van der Waals surface area contributed by atoms with Gasteiger partial charge in [-0.3, -0.25) is 9.69 Å². The number of hydrogen-bond acceptors (Lipinski definition) is 5. The Morgan fingerprint density at radius 1 is 1.21 bits per heavy atom. The molecule has 0 radical (unpaired) electrons. The van der Waals surface area contributed by atoms with Gasteiger partial charge in [0.1, 0.15) is 5.01 Å². The van der Waals surface area contributed by atoms with E-state index in [1.54, 1.807) is 22.7 Å². The third-order valence-electron chi connectivity index (χ3n) is 4.70. The van der Waals surface area contributed by atoms with Gasteiger partial charge in [-0.05, 0) is 24.3 Å². The molecule has 1 aliphatic rings. The highest BCUT2D eigenvalue weighted by Gasteiger charge is 2.25. The van der Waals surface area contributed by atoms with Crippen LogP contribution in [0.1, 0.15) is 31.7 Å². The van der Waals surface area contributed by atoms with Gasteiger partial charge in [-0.2, -0.15) is 0 Å². The van der Waals surface area contributed by atoms with E-state index < -0.39 is 0 Å². The molecule has 0 aliphatic carbocycles. The van der Waals surface area contributed by atoms with Crippen molar-refractivity contribution in [2.24, 2.45) is 5.92 Å². The smallest absolute Gasteiger partial charge is 0.225 e. The normalized spacial score (nSPS) is 16.0. The summed E-state index contributed by atoms with van der Waals surface area (Å²) < 4.78 is 0. The average Bonchev–Trinajstić information content (AvgIpc) is 3.28. The lowest BCUT2D eigenvalue weighted by molar-refractivity contribution is -0.137. The Morgan fingerprint density at radius 2 is 1.96 bits per heavy atom. The van der Waals surface area contributed by atoms with Crippen molar-refractivity contribution in [3.05, 3.63) is 27.9 Å². The summed E-state index contributed by atoms with van der Waals surface area (Å²) in [7, 11) is 0. The summed E-state index contributed by atoms with van der Waals surface area (Å²) >= 11 is 3.47. The lowest BCUT2D eigenvalue weighted by Gasteiger charge is -2.35. The van der Waals surface area contributed by atoms with E-state index in [1.165, 1.54) is 4.88 Å². The molecule has 4 nitrogen and oxygen atoms in total. The lowest BCUT2D eigenvalue weighted by Crippen LogP contribution is -2.49. The number of piperazine rings is 1. The van der Waals surface area contributed by atoms with Gasteiger partial charge in [-0.25, -0.2) is 4.98 Å². The Hall–Kier alpha value is -1.24. The van der Waals surface area contributed by atoms with E-state index in [9.17, 15) is 4.79 Å². The zero-order chi connectivity index (χ0) is 16.9. The predicted octanol–water partition coefficient (Wildman–Crippen LogP) is 3.95. The number of carbonyl (C=O) groups is 1. The van der Waals surface area contributed by atoms with Gasteiger partial charge in [0.25, 0.3) is 0 Å². The van der Waals surface area contributed by atoms with Crippen molar-refractivity contribution in [1.82, 2.24) is 14.8 Å². The van der Waals surface area contributed by atoms with Crippen LogP contribution in [-0.4, -0.2) is 46.9 Å². The molecule has 1 saturated heterocycles. The molecule has 2 aromatic rings. The largest absolute Gasteiger partial charge is 0.340 e. The molecule has 1 amide bonds. The minimum atomic E-state index is 0.198. The third kappa shape index (κ3) is 4.05. The quantitative estimate of drug-likeness (QED) is 0.780. The van der Waals surface area contributed by atoms with Crippen LogP contribution in [0.15, 0.2) is 22.9 Å². The Morgan fingerprint density at radius 3 is 2.58 bits per heavy atom. The number of amides is 1. The van der Waals surface area contributed by atoms with E-state index in [0.29, 0.717) is 5.91 Å². The fraction of sp³-hybridized carbons (Fsp3) is 0.556. The first-order valence-corrected chi connectivity index (χ1v) is 10.5. The molecular weight excluding hydrogens is 338 g/mol. The second-order valence-electron chi connectivity index (χ2n) is 6.22. The van der Waals surface area contributed by atoms with Gasteiger partial charge in [-0.15, -0.1) is 22.7 Å². The highest BCUT2D eigenvalue weighted by atomic mass is 32.1. The van der Waals surface area contributed by atoms with Crippen molar-refractivity contribution in [1.29, 1.82) is 0 Å². The van der Waals surface area contributed by atoms with Crippen molar-refractivity contribution in [2.45, 2.75) is 33.2 Å². The maximum atomic E-state index is 12.5. The zero-order valence-electron chi connectivity index (χ0n) is 14.4. The van der Waals surface area contributed by atoms with Crippen LogP contribution in [0.25, 0.3) is 10.6 Å². The number of thiazole rings is 1. The molecule has 0 aromatic carbocycles. The molecule has 0 atom stereocenters. The fourth-order valence-corrected chi connectivity index (χ4v) is 4.73. The first kappa shape index (κ1) is 17.6. The Labute approximate surface area is 152 Å². The SMILES string of the molecule is CCC(CC)C(=O)N1CCN(Cc2nc(-c3cccs3)cs2)CC1. The van der Waals surface area contributed by atoms with Crippen LogP contribution < -0.4 is 0 Å². The van der Waals surface area contributed by atoms with Gasteiger partial charge in [-0.1, -0.05) is 19.9 Å². The molecule has 1 fully saturated rings. The standard InChI is InChI=1S/C18H25N3OS2/c1-3-14(4-2)18(22)21-9-7-20(8-10-21)12-17-19-15(13-24-17)16-6-5-11-23-16/h5-6,11,13-14H,3-4,7-10,12H2,1-2H3. The van der Waals surface area contributed by atoms with Gasteiger partial charge in [0, 0.05) is 37.5 Å². The summed E-state index contributed by atoms with van der Waals surface area (Å²) in [5.74, 6) is 0.540. The van der Waals surface area contributed by atoms with Crippen LogP contribution in [-0.2, 0) is 11.3 Å². The van der Waals surface area contributed by atoms with Crippen LogP contribution in [0.3, 0.4) is 0 Å². The topological polar surface area (TPSA) is 36.4 Å². The van der Waals surface area contributed by atoms with Gasteiger partial charge in [0.05, 0.1) is 17.1 Å². The zero-order valence-corrected chi connectivity index (χ0v) is 16.0. The minimum absolute atomic E-state index is 0.198. The van der Waals surface area contributed by atoms with Crippen LogP contribution in [0.5, 0.6) is 0 Å². The van der Waals surface area contributed by atoms with Crippen LogP contribution in [0.2, 0.25) is 0 Å². The minimum Gasteiger partial charge on any atom is -0.340 e. The maximum absolute atomic E-state index is 12.5. The number of carbonyl (C=O) groups excluding carboxylic acids is 1. The first-order chi connectivity index (χ1) is 11.7. The van der Waals surface area contributed by atoms with Crippen LogP contribution in [0, 0.1) is 5.92 Å². The molecule has 0 N–H and O–H groups in total. The van der Waals surface area contributed by atoms with Crippen molar-refractivity contribution in [3.63, 3.8) is 0 Å². The van der Waals surface area contributed by atoms with Gasteiger partial charge in [0.15, 0.2) is 0 Å². The molecule has 130 valence electrons. The van der Waals surface area contributed by atoms with Crippen molar-refractivity contribution >= 4 is 28.6 Å². The Kier molecular flexibility index (Phi) is 6.03. The van der Waals surface area contributed by atoms with E-state index >= 15 is 0 Å². The summed E-state index contributed by atoms with van der Waals surface area (Å²) in [5.41, 5.74) is 1.09. The van der Waals surface area contributed by atoms with Gasteiger partial charge in [0.2, 0.25) is 5.91 Å². The third-order valence-corrected chi connectivity index (χ3v) is 6.43. The number of thiophene rings is 1. The Balaban J connectivity index is 1.51. The highest BCUT2D eigenvalue weighted by Crippen LogP contribution is 2.26. The molecule has 3 rings (SSSR count). The molecule has 24 heavy (non-hydrogen) atoms. The molecule has 2 aromatic heterocycles. The lowest BCUT2D eigenvalue weighted by atomic mass is 10.0. The molecule has 0 spiro atoms. The van der Waals surface area contributed by atoms with E-state index in [2.05, 4.69) is 41.6 Å². The number of hydrogen-bond donors (Lipinski definition) is 0. The van der Waals surface area contributed by atoms with Gasteiger partial charge < -0.3 is 4.90 Å². The first-order valence-electron chi connectivity index (χ1n) is 8.70. The van der Waals surface area contributed by atoms with Crippen molar-refractivity contribution in [2.75, 3.05) is 26.2 Å². The maximum Gasteiger partial charge on any atom is 0.225 e. The number of aromatic nitrogens is 1. The second-order valence-corrected chi connectivity index (χ2v) is 8.11. The van der Waals surface area contributed by atoms with E-state index in [0.717, 1.165) is 56.3 Å². The summed E-state index contributed by atoms with van der Waals surface area (Å²) in [6.07, 6.45) is 1.89. The summed E-state index contributed by atoms with van der Waals surface area (Å²) in [6, 6.07) is 4.18. The van der Waals surface area contributed by atoms with Gasteiger partial charge >= 0.3 is 0 Å². The fourth-order valence-electron chi connectivity index (χ4n) is 3.13. The summed E-state index contributed by atoms with van der Waals surface area (Å²) in [5, 5.41) is 5.40. The summed E-state index contributed by atoms with van der Waals surface area (Å²) in [4.78, 5) is 22.9. The van der Waals surface area contributed by atoms with Crippen molar-refractivity contribution in [3.8, 4) is 10.6 Å². The molecule has 1 aliphatic heterocycles. The van der Waals surface area contributed by atoms with E-state index in [4.69, 9.17) is 4.98 Å². The predicted molar refractivity (Wildman–Crippen MR) is 101 cm³/mol. The highest BCUT2D eigenvalue weighted by molar-refractivity contribution is 7.14. The van der Waals surface area contributed by atoms with Crippen LogP contribution in [0.4, 0.5) is 0 Å². The monoisotopic (exact) mass is 363 g/mol. The molecule has 3 heterocycles. The summed E-state index contributed by atoms with van der Waals surface area (Å²) in [6.45, 7) is 8.69. The van der Waals surface area contributed by atoms with E-state index in [1.807, 2.05) is 4.90 Å². The molecule has 6 heteroatoms. The number of nitrogens with zero attached hydrogens (tertiary/aromatic N) is 3. The average molecular weight is 364 g/mol. The van der Waals surface area contributed by atoms with E-state index in [-0.39, 0.29) is 5.92 Å². The Bertz CT molecular complexity index is 641. The second kappa shape index (κ2) is 8.23. The molecule has 0 bridgehead atoms. The van der Waals surface area contributed by atoms with Crippen molar-refractivity contribution < 1.29 is 4.79 Å². The number of rotatable bonds is 6. The molecule has 0 unspecified atom stereocenters. The molecule has 0 saturated carbocycles. The molecular formula is C18H25N3OS2. The van der Waals surface area contributed by atoms with Crippen LogP contribution >= 0.6 is 22.7 Å².